The Morgan fingerprint density at radius 3 is 3.00 bits per heavy atom. The lowest BCUT2D eigenvalue weighted by molar-refractivity contribution is -0.145. The Morgan fingerprint density at radius 2 is 2.38 bits per heavy atom. The van der Waals surface area contributed by atoms with Crippen LogP contribution in [0.25, 0.3) is 0 Å². The second kappa shape index (κ2) is 5.68. The molecule has 1 aliphatic rings. The highest BCUT2D eigenvalue weighted by molar-refractivity contribution is 9.10. The van der Waals surface area contributed by atoms with E-state index in [-0.39, 0.29) is 0 Å². The Labute approximate surface area is 138 Å². The molecule has 112 valence electrons. The van der Waals surface area contributed by atoms with Crippen LogP contribution >= 0.6 is 38.9 Å². The largest absolute Gasteiger partial charge is 0.480 e. The van der Waals surface area contributed by atoms with Crippen molar-refractivity contribution in [2.75, 3.05) is 0 Å². The fourth-order valence-electron chi connectivity index (χ4n) is 2.43. The van der Waals surface area contributed by atoms with E-state index in [1.165, 1.54) is 11.3 Å². The van der Waals surface area contributed by atoms with E-state index in [2.05, 4.69) is 26.1 Å². The van der Waals surface area contributed by atoms with Crippen LogP contribution in [0.2, 0.25) is 4.34 Å². The fraction of sp³-hybridized carbons (Fsp3) is 0.417. The van der Waals surface area contributed by atoms with E-state index in [0.29, 0.717) is 24.0 Å². The molecule has 1 unspecified atom stereocenters. The number of fused-ring (bicyclic) bond motifs is 1. The van der Waals surface area contributed by atoms with Gasteiger partial charge in [-0.2, -0.15) is 0 Å². The Bertz CT molecular complexity index is 682. The number of carboxylic acids is 1. The van der Waals surface area contributed by atoms with Crippen LogP contribution in [0.3, 0.4) is 0 Å². The minimum absolute atomic E-state index is 0.365. The van der Waals surface area contributed by atoms with Gasteiger partial charge in [0.15, 0.2) is 0 Å². The second-order valence-electron chi connectivity index (χ2n) is 4.87. The summed E-state index contributed by atoms with van der Waals surface area (Å²) < 4.78 is 3.38. The Morgan fingerprint density at radius 1 is 1.62 bits per heavy atom. The summed E-state index contributed by atoms with van der Waals surface area (Å²) in [5, 5.41) is 17.6. The van der Waals surface area contributed by atoms with E-state index in [9.17, 15) is 9.90 Å². The van der Waals surface area contributed by atoms with Gasteiger partial charge in [-0.3, -0.25) is 9.69 Å². The van der Waals surface area contributed by atoms with Gasteiger partial charge in [-0.25, -0.2) is 0 Å². The van der Waals surface area contributed by atoms with Gasteiger partial charge in [-0.1, -0.05) is 11.6 Å². The van der Waals surface area contributed by atoms with Gasteiger partial charge in [0.05, 0.1) is 13.1 Å². The zero-order chi connectivity index (χ0) is 15.1. The van der Waals surface area contributed by atoms with Gasteiger partial charge in [-0.05, 0) is 28.9 Å². The molecule has 0 amide bonds. The predicted molar refractivity (Wildman–Crippen MR) is 82.5 cm³/mol. The summed E-state index contributed by atoms with van der Waals surface area (Å²) in [5.74, 6) is 0.708. The maximum absolute atomic E-state index is 11.5. The number of halogens is 2. The molecule has 21 heavy (non-hydrogen) atoms. The van der Waals surface area contributed by atoms with Crippen LogP contribution in [0.15, 0.2) is 10.5 Å². The van der Waals surface area contributed by atoms with Gasteiger partial charge in [0, 0.05) is 15.9 Å². The molecule has 0 saturated carbocycles. The topological polar surface area (TPSA) is 71.2 Å². The lowest BCUT2D eigenvalue weighted by atomic mass is 10.2. The minimum atomic E-state index is -0.838. The van der Waals surface area contributed by atoms with Crippen molar-refractivity contribution < 1.29 is 9.90 Å². The summed E-state index contributed by atoms with van der Waals surface area (Å²) in [5.41, 5.74) is 0. The molecule has 3 heterocycles. The zero-order valence-corrected chi connectivity index (χ0v) is 14.2. The summed E-state index contributed by atoms with van der Waals surface area (Å²) in [4.78, 5) is 14.4. The highest BCUT2D eigenvalue weighted by Gasteiger charge is 2.33. The molecule has 0 aliphatic carbocycles. The standard InChI is InChI=1S/C12H12BrClN4O2S/c1-6-15-16-10-5-17(9(12(19)20)4-18(6)10)3-7-2-8(13)11(14)21-7/h2,9H,3-5H2,1H3,(H,19,20). The number of thiophene rings is 1. The summed E-state index contributed by atoms with van der Waals surface area (Å²) in [6.07, 6.45) is 0. The number of hydrogen-bond donors (Lipinski definition) is 1. The summed E-state index contributed by atoms with van der Waals surface area (Å²) in [6, 6.07) is 1.34. The van der Waals surface area contributed by atoms with E-state index >= 15 is 0 Å². The average Bonchev–Trinajstić information content (AvgIpc) is 2.92. The van der Waals surface area contributed by atoms with Crippen molar-refractivity contribution in [2.45, 2.75) is 32.6 Å². The molecule has 0 bridgehead atoms. The molecule has 1 aliphatic heterocycles. The number of nitrogens with zero attached hydrogens (tertiary/aromatic N) is 4. The first-order valence-corrected chi connectivity index (χ1v) is 8.23. The maximum Gasteiger partial charge on any atom is 0.322 e. The smallest absolute Gasteiger partial charge is 0.322 e. The van der Waals surface area contributed by atoms with Crippen LogP contribution in [0.5, 0.6) is 0 Å². The molecule has 2 aromatic heterocycles. The fourth-order valence-corrected chi connectivity index (χ4v) is 4.25. The van der Waals surface area contributed by atoms with Crippen LogP contribution in [0, 0.1) is 6.92 Å². The first-order chi connectivity index (χ1) is 9.95. The van der Waals surface area contributed by atoms with Crippen molar-refractivity contribution in [2.24, 2.45) is 0 Å². The van der Waals surface area contributed by atoms with E-state index < -0.39 is 12.0 Å². The lowest BCUT2D eigenvalue weighted by Crippen LogP contribution is -2.47. The Hall–Kier alpha value is -0.960. The van der Waals surface area contributed by atoms with Crippen molar-refractivity contribution in [1.29, 1.82) is 0 Å². The molecule has 2 aromatic rings. The van der Waals surface area contributed by atoms with Gasteiger partial charge in [-0.15, -0.1) is 21.5 Å². The molecule has 0 spiro atoms. The van der Waals surface area contributed by atoms with Gasteiger partial charge in [0.25, 0.3) is 0 Å². The number of aryl methyl sites for hydroxylation is 1. The van der Waals surface area contributed by atoms with Gasteiger partial charge < -0.3 is 9.67 Å². The molecule has 6 nitrogen and oxygen atoms in total. The molecule has 0 aromatic carbocycles. The number of hydrogen-bond acceptors (Lipinski definition) is 5. The summed E-state index contributed by atoms with van der Waals surface area (Å²) in [6.45, 7) is 3.19. The van der Waals surface area contributed by atoms with Crippen LogP contribution in [-0.2, 0) is 24.4 Å². The summed E-state index contributed by atoms with van der Waals surface area (Å²) in [7, 11) is 0. The normalized spacial score (nSPS) is 18.7. The molecule has 0 radical (unpaired) electrons. The third-order valence-corrected chi connectivity index (χ3v) is 5.95. The molecule has 0 fully saturated rings. The number of aliphatic carboxylic acids is 1. The molecular formula is C12H12BrClN4O2S. The maximum atomic E-state index is 11.5. The Kier molecular flexibility index (Phi) is 4.04. The summed E-state index contributed by atoms with van der Waals surface area (Å²) >= 11 is 10.9. The predicted octanol–water partition coefficient (Wildman–Crippen LogP) is 2.53. The highest BCUT2D eigenvalue weighted by atomic mass is 79.9. The van der Waals surface area contributed by atoms with Crippen LogP contribution in [0.4, 0.5) is 0 Å². The molecule has 0 saturated heterocycles. The molecular weight excluding hydrogens is 380 g/mol. The molecule has 1 N–H and O–H groups in total. The lowest BCUT2D eigenvalue weighted by Gasteiger charge is -2.33. The van der Waals surface area contributed by atoms with Crippen molar-refractivity contribution in [3.05, 3.63) is 31.4 Å². The molecule has 3 rings (SSSR count). The number of aromatic nitrogens is 3. The number of carbonyl (C=O) groups is 1. The minimum Gasteiger partial charge on any atom is -0.480 e. The highest BCUT2D eigenvalue weighted by Crippen LogP contribution is 2.33. The second-order valence-corrected chi connectivity index (χ2v) is 7.46. The van der Waals surface area contributed by atoms with E-state index in [0.717, 1.165) is 21.0 Å². The molecule has 9 heteroatoms. The van der Waals surface area contributed by atoms with Gasteiger partial charge in [0.2, 0.25) is 0 Å². The Balaban J connectivity index is 1.87. The van der Waals surface area contributed by atoms with Crippen molar-refractivity contribution >= 4 is 44.8 Å². The quantitative estimate of drug-likeness (QED) is 0.870. The van der Waals surface area contributed by atoms with Gasteiger partial charge >= 0.3 is 5.97 Å². The third kappa shape index (κ3) is 2.85. The molecule has 1 atom stereocenters. The zero-order valence-electron chi connectivity index (χ0n) is 11.1. The monoisotopic (exact) mass is 390 g/mol. The number of carboxylic acid groups (broad SMARTS) is 1. The van der Waals surface area contributed by atoms with Crippen LogP contribution in [-0.4, -0.2) is 36.8 Å². The van der Waals surface area contributed by atoms with Crippen molar-refractivity contribution in [3.8, 4) is 0 Å². The SMILES string of the molecule is Cc1nnc2n1CC(C(=O)O)N(Cc1cc(Br)c(Cl)s1)C2. The first kappa shape index (κ1) is 15.0. The number of rotatable bonds is 3. The van der Waals surface area contributed by atoms with Crippen LogP contribution < -0.4 is 0 Å². The third-order valence-electron chi connectivity index (χ3n) is 3.49. The van der Waals surface area contributed by atoms with Gasteiger partial charge in [0.1, 0.15) is 22.0 Å². The average molecular weight is 392 g/mol. The van der Waals surface area contributed by atoms with Crippen molar-refractivity contribution in [1.82, 2.24) is 19.7 Å². The first-order valence-electron chi connectivity index (χ1n) is 6.25. The van der Waals surface area contributed by atoms with Crippen LogP contribution in [0.1, 0.15) is 16.5 Å². The van der Waals surface area contributed by atoms with E-state index in [1.54, 1.807) is 0 Å². The van der Waals surface area contributed by atoms with E-state index in [1.807, 2.05) is 22.5 Å². The van der Waals surface area contributed by atoms with E-state index in [4.69, 9.17) is 11.6 Å². The van der Waals surface area contributed by atoms with Crippen molar-refractivity contribution in [3.63, 3.8) is 0 Å².